The lowest BCUT2D eigenvalue weighted by atomic mass is 9.85. The molecule has 274 valence electrons. The highest BCUT2D eigenvalue weighted by Gasteiger charge is 2.70. The molecule has 0 radical (unpaired) electrons. The smallest absolute Gasteiger partial charge is 0.315 e. The van der Waals surface area contributed by atoms with Gasteiger partial charge in [0.2, 0.25) is 17.6 Å². The number of amides is 5. The quantitative estimate of drug-likeness (QED) is 0.201. The maximum Gasteiger partial charge on any atom is 0.315 e. The molecule has 4 N–H and O–H groups in total. The van der Waals surface area contributed by atoms with Crippen LogP contribution >= 0.6 is 11.3 Å². The van der Waals surface area contributed by atoms with E-state index in [4.69, 9.17) is 0 Å². The van der Waals surface area contributed by atoms with Crippen molar-refractivity contribution in [2.45, 2.75) is 103 Å². The maximum absolute atomic E-state index is 14.4. The van der Waals surface area contributed by atoms with Crippen molar-refractivity contribution in [2.75, 3.05) is 27.2 Å². The van der Waals surface area contributed by atoms with Gasteiger partial charge in [0.25, 0.3) is 15.9 Å². The van der Waals surface area contributed by atoms with Crippen molar-refractivity contribution in [3.63, 3.8) is 0 Å². The molecule has 4 rings (SSSR count). The number of carbonyl (C=O) groups is 5. The zero-order valence-corrected chi connectivity index (χ0v) is 31.8. The minimum absolute atomic E-state index is 0.0282. The van der Waals surface area contributed by atoms with Crippen LogP contribution in [0, 0.1) is 34.5 Å². The fourth-order valence-corrected chi connectivity index (χ4v) is 9.41. The first-order chi connectivity index (χ1) is 22.7. The standard InChI is InChI=1S/C34H54N6O7S2/c1-10-19(2)23(18-39(9)49(46,47)24-12-11-15-48-24)37-32(45)38-28(33(3,4)5)31(44)40-17-21-25(34(21,6)7)26(40)29(42)36-22(16-20-13-14-20)27(41)30(43)35-8/h11-12,15,19-23,25-26,28H,10,13-14,16-18H2,1-9H3,(H,35,43)(H,36,42)(H2,37,38,45)/t19-,21-,22?,23+,25-,26-,28+/m0/s1. The zero-order valence-electron chi connectivity index (χ0n) is 30.2. The van der Waals surface area contributed by atoms with Gasteiger partial charge in [-0.2, -0.15) is 4.31 Å². The number of thiophene rings is 1. The van der Waals surface area contributed by atoms with Crippen LogP contribution < -0.4 is 21.3 Å². The van der Waals surface area contributed by atoms with E-state index >= 15 is 0 Å². The van der Waals surface area contributed by atoms with E-state index < -0.39 is 69.1 Å². The molecule has 5 amide bonds. The highest BCUT2D eigenvalue weighted by Crippen LogP contribution is 2.65. The second-order valence-corrected chi connectivity index (χ2v) is 18.9. The van der Waals surface area contributed by atoms with E-state index in [1.807, 2.05) is 34.6 Å². The van der Waals surface area contributed by atoms with Crippen molar-refractivity contribution in [2.24, 2.45) is 34.5 Å². The van der Waals surface area contributed by atoms with Gasteiger partial charge in [-0.15, -0.1) is 11.3 Å². The molecule has 15 heteroatoms. The number of piperidine rings is 1. The van der Waals surface area contributed by atoms with Gasteiger partial charge in [-0.25, -0.2) is 13.2 Å². The molecule has 2 saturated carbocycles. The lowest BCUT2D eigenvalue weighted by molar-refractivity contribution is -0.145. The highest BCUT2D eigenvalue weighted by atomic mass is 32.2. The summed E-state index contributed by atoms with van der Waals surface area (Å²) in [5.74, 6) is -2.28. The summed E-state index contributed by atoms with van der Waals surface area (Å²) < 4.78 is 27.7. The Morgan fingerprint density at radius 1 is 1.10 bits per heavy atom. The Morgan fingerprint density at radius 2 is 1.76 bits per heavy atom. The summed E-state index contributed by atoms with van der Waals surface area (Å²) in [6, 6.07) is -0.846. The molecule has 1 unspecified atom stereocenters. The SMILES string of the molecule is CC[C@H](C)[C@@H](CN(C)S(=O)(=O)c1cccs1)NC(=O)N[C@H](C(=O)N1C[C@H]2[C@@H]([C@H]1C(=O)NC(CC1CC1)C(=O)C(=O)NC)C2(C)C)C(C)(C)C. The monoisotopic (exact) mass is 722 g/mol. The molecule has 3 aliphatic rings. The van der Waals surface area contributed by atoms with Crippen LogP contribution in [0.1, 0.15) is 74.1 Å². The molecule has 0 bridgehead atoms. The van der Waals surface area contributed by atoms with Gasteiger partial charge >= 0.3 is 6.03 Å². The molecule has 3 fully saturated rings. The van der Waals surface area contributed by atoms with Gasteiger partial charge in [-0.05, 0) is 52.4 Å². The van der Waals surface area contributed by atoms with Crippen LogP contribution in [0.25, 0.3) is 0 Å². The van der Waals surface area contributed by atoms with Gasteiger partial charge in [0.15, 0.2) is 0 Å². The normalized spacial score (nSPS) is 23.9. The predicted molar refractivity (Wildman–Crippen MR) is 187 cm³/mol. The molecule has 2 heterocycles. The van der Waals surface area contributed by atoms with Crippen LogP contribution in [0.5, 0.6) is 0 Å². The number of nitrogens with one attached hydrogen (secondary N) is 4. The number of hydrogen-bond acceptors (Lipinski definition) is 8. The summed E-state index contributed by atoms with van der Waals surface area (Å²) in [6.45, 7) is 13.8. The van der Waals surface area contributed by atoms with Crippen LogP contribution in [0.2, 0.25) is 0 Å². The Kier molecular flexibility index (Phi) is 11.6. The van der Waals surface area contributed by atoms with E-state index in [1.165, 1.54) is 23.3 Å². The molecule has 2 aliphatic carbocycles. The van der Waals surface area contributed by atoms with E-state index in [2.05, 4.69) is 35.1 Å². The number of likely N-dealkylation sites (N-methyl/N-ethyl adjacent to an activating group) is 2. The summed E-state index contributed by atoms with van der Waals surface area (Å²) >= 11 is 1.12. The summed E-state index contributed by atoms with van der Waals surface area (Å²) in [7, 11) is -0.897. The second kappa shape index (κ2) is 14.7. The van der Waals surface area contributed by atoms with Gasteiger partial charge in [-0.3, -0.25) is 19.2 Å². The summed E-state index contributed by atoms with van der Waals surface area (Å²) in [5.41, 5.74) is -0.955. The van der Waals surface area contributed by atoms with Crippen molar-refractivity contribution in [1.82, 2.24) is 30.5 Å². The number of fused-ring (bicyclic) bond motifs is 1. The molecule has 1 saturated heterocycles. The summed E-state index contributed by atoms with van der Waals surface area (Å²) in [4.78, 5) is 68.7. The summed E-state index contributed by atoms with van der Waals surface area (Å²) in [6.07, 6.45) is 2.90. The number of urea groups is 1. The molecule has 0 spiro atoms. The molecular formula is C34H54N6O7S2. The lowest BCUT2D eigenvalue weighted by Gasteiger charge is -2.38. The van der Waals surface area contributed by atoms with Crippen LogP contribution in [-0.4, -0.2) is 98.5 Å². The van der Waals surface area contributed by atoms with Crippen molar-refractivity contribution in [3.05, 3.63) is 17.5 Å². The zero-order chi connectivity index (χ0) is 36.6. The van der Waals surface area contributed by atoms with Crippen molar-refractivity contribution >= 4 is 50.9 Å². The van der Waals surface area contributed by atoms with E-state index in [1.54, 1.807) is 17.5 Å². The van der Waals surface area contributed by atoms with E-state index in [0.29, 0.717) is 19.4 Å². The third-order valence-electron chi connectivity index (χ3n) is 10.8. The lowest BCUT2D eigenvalue weighted by Crippen LogP contribution is -2.62. The van der Waals surface area contributed by atoms with E-state index in [0.717, 1.165) is 24.2 Å². The Bertz CT molecular complexity index is 1520. The Balaban J connectivity index is 1.52. The third kappa shape index (κ3) is 8.47. The molecule has 1 aliphatic heterocycles. The van der Waals surface area contributed by atoms with Crippen molar-refractivity contribution in [1.29, 1.82) is 0 Å². The number of ketones is 1. The van der Waals surface area contributed by atoms with Crippen LogP contribution in [0.4, 0.5) is 4.79 Å². The average Bonchev–Trinajstić information content (AvgIpc) is 3.72. The van der Waals surface area contributed by atoms with Crippen LogP contribution in [0.3, 0.4) is 0 Å². The predicted octanol–water partition coefficient (Wildman–Crippen LogP) is 2.58. The van der Waals surface area contributed by atoms with E-state index in [9.17, 15) is 32.4 Å². The molecule has 1 aromatic heterocycles. The van der Waals surface area contributed by atoms with Gasteiger partial charge in [0.05, 0.1) is 6.04 Å². The number of nitrogens with zero attached hydrogens (tertiary/aromatic N) is 2. The van der Waals surface area contributed by atoms with Crippen LogP contribution in [0.15, 0.2) is 21.7 Å². The number of likely N-dealkylation sites (tertiary alicyclic amines) is 1. The Hall–Kier alpha value is -3.04. The van der Waals surface area contributed by atoms with Gasteiger partial charge in [-0.1, -0.05) is 73.8 Å². The van der Waals surface area contributed by atoms with Gasteiger partial charge in [0, 0.05) is 33.2 Å². The molecule has 13 nitrogen and oxygen atoms in total. The van der Waals surface area contributed by atoms with Crippen LogP contribution in [-0.2, 0) is 29.2 Å². The molecular weight excluding hydrogens is 669 g/mol. The maximum atomic E-state index is 14.4. The fourth-order valence-electron chi connectivity index (χ4n) is 7.02. The van der Waals surface area contributed by atoms with Gasteiger partial charge in [0.1, 0.15) is 16.3 Å². The van der Waals surface area contributed by atoms with Crippen molar-refractivity contribution < 1.29 is 32.4 Å². The highest BCUT2D eigenvalue weighted by molar-refractivity contribution is 7.91. The molecule has 0 aromatic carbocycles. The Labute approximate surface area is 294 Å². The number of Topliss-reactive ketones (excluding diaryl/α,β-unsaturated/α-hetero) is 1. The van der Waals surface area contributed by atoms with E-state index in [-0.39, 0.29) is 39.8 Å². The minimum Gasteiger partial charge on any atom is -0.353 e. The molecule has 49 heavy (non-hydrogen) atoms. The van der Waals surface area contributed by atoms with Crippen molar-refractivity contribution in [3.8, 4) is 0 Å². The topological polar surface area (TPSA) is 174 Å². The molecule has 1 aromatic rings. The first-order valence-electron chi connectivity index (χ1n) is 17.2. The first-order valence-corrected chi connectivity index (χ1v) is 19.5. The Morgan fingerprint density at radius 3 is 2.29 bits per heavy atom. The second-order valence-electron chi connectivity index (χ2n) is 15.7. The number of hydrogen-bond donors (Lipinski definition) is 4. The number of sulfonamides is 1. The minimum atomic E-state index is -3.75. The largest absolute Gasteiger partial charge is 0.353 e. The third-order valence-corrected chi connectivity index (χ3v) is 14.0. The number of rotatable bonds is 15. The average molecular weight is 723 g/mol. The van der Waals surface area contributed by atoms with Gasteiger partial charge < -0.3 is 26.2 Å². The number of carbonyl (C=O) groups excluding carboxylic acids is 5. The first kappa shape index (κ1) is 38.8. The summed E-state index contributed by atoms with van der Waals surface area (Å²) in [5, 5.41) is 12.7. The molecule has 7 atom stereocenters. The fraction of sp³-hybridized carbons (Fsp3) is 0.735.